The molecule has 196 valence electrons. The zero-order valence-electron chi connectivity index (χ0n) is 18.6. The molecule has 3 aromatic rings. The largest absolute Gasteiger partial charge is 0.416 e. The van der Waals surface area contributed by atoms with E-state index in [0.29, 0.717) is 14.3 Å². The fourth-order valence-electron chi connectivity index (χ4n) is 3.43. The summed E-state index contributed by atoms with van der Waals surface area (Å²) in [6, 6.07) is 11.1. The first kappa shape index (κ1) is 27.9. The van der Waals surface area contributed by atoms with Crippen LogP contribution in [0.5, 0.6) is 0 Å². The predicted molar refractivity (Wildman–Crippen MR) is 118 cm³/mol. The van der Waals surface area contributed by atoms with Crippen LogP contribution in [0.2, 0.25) is 5.02 Å². The van der Waals surface area contributed by atoms with E-state index < -0.39 is 60.9 Å². The molecule has 0 saturated carbocycles. The molecule has 0 fully saturated rings. The molecule has 1 N–H and O–H groups in total. The normalized spacial score (nSPS) is 13.7. The van der Waals surface area contributed by atoms with Gasteiger partial charge in [-0.25, -0.2) is 9.48 Å². The first-order valence-corrected chi connectivity index (χ1v) is 10.9. The first-order valence-electron chi connectivity index (χ1n) is 10.5. The summed E-state index contributed by atoms with van der Waals surface area (Å²) < 4.78 is 79.0. The van der Waals surface area contributed by atoms with E-state index in [-0.39, 0.29) is 17.0 Å². The Morgan fingerprint density at radius 2 is 1.76 bits per heavy atom. The summed E-state index contributed by atoms with van der Waals surface area (Å²) in [5, 5.41) is 23.1. The highest BCUT2D eigenvalue weighted by Crippen LogP contribution is 2.32. The number of carbonyl (C=O) groups is 1. The third kappa shape index (κ3) is 6.78. The maximum atomic E-state index is 13.0. The molecular weight excluding hydrogens is 530 g/mol. The number of hydrogen-bond acceptors (Lipinski definition) is 5. The van der Waals surface area contributed by atoms with Crippen LogP contribution in [0.4, 0.5) is 26.3 Å². The van der Waals surface area contributed by atoms with E-state index in [1.54, 1.807) is 6.07 Å². The third-order valence-electron chi connectivity index (χ3n) is 5.29. The molecule has 1 heterocycles. The number of alkyl halides is 6. The topological polar surface area (TPSA) is 101 Å². The Morgan fingerprint density at radius 3 is 2.32 bits per heavy atom. The molecule has 37 heavy (non-hydrogen) atoms. The van der Waals surface area contributed by atoms with Gasteiger partial charge in [0.1, 0.15) is 6.54 Å². The number of nitriles is 1. The number of aromatic nitrogens is 3. The quantitative estimate of drug-likeness (QED) is 0.417. The van der Waals surface area contributed by atoms with Crippen molar-refractivity contribution in [3.63, 3.8) is 0 Å². The van der Waals surface area contributed by atoms with Crippen molar-refractivity contribution in [2.45, 2.75) is 43.9 Å². The van der Waals surface area contributed by atoms with Gasteiger partial charge in [0.25, 0.3) is 0 Å². The van der Waals surface area contributed by atoms with Gasteiger partial charge in [-0.3, -0.25) is 9.36 Å². The summed E-state index contributed by atoms with van der Waals surface area (Å²) in [7, 11) is 0. The monoisotopic (exact) mass is 546 g/mol. The van der Waals surface area contributed by atoms with E-state index in [0.717, 1.165) is 18.2 Å². The van der Waals surface area contributed by atoms with Gasteiger partial charge in [0.05, 0.1) is 24.1 Å². The van der Waals surface area contributed by atoms with Crippen molar-refractivity contribution in [1.29, 1.82) is 5.26 Å². The highest BCUT2D eigenvalue weighted by atomic mass is 35.5. The lowest BCUT2D eigenvalue weighted by molar-refractivity contribution is -0.207. The van der Waals surface area contributed by atoms with Crippen molar-refractivity contribution in [2.24, 2.45) is 0 Å². The Labute approximate surface area is 210 Å². The number of aliphatic hydroxyl groups excluding tert-OH is 1. The molecular formula is C23H17ClF6N4O3. The lowest BCUT2D eigenvalue weighted by Gasteiger charge is -2.15. The molecule has 0 bridgehead atoms. The van der Waals surface area contributed by atoms with Crippen LogP contribution < -0.4 is 5.69 Å². The number of Topliss-reactive ketones (excluding diaryl/α,β-unsaturated/α-hetero) is 1. The number of ketones is 1. The average Bonchev–Trinajstić information content (AvgIpc) is 3.11. The van der Waals surface area contributed by atoms with Crippen molar-refractivity contribution in [3.05, 3.63) is 75.2 Å². The van der Waals surface area contributed by atoms with Crippen molar-refractivity contribution >= 4 is 17.4 Å². The summed E-state index contributed by atoms with van der Waals surface area (Å²) >= 11 is 5.82. The van der Waals surface area contributed by atoms with Gasteiger partial charge < -0.3 is 5.11 Å². The second-order valence-electron chi connectivity index (χ2n) is 7.99. The summed E-state index contributed by atoms with van der Waals surface area (Å²) in [5.74, 6) is -2.35. The van der Waals surface area contributed by atoms with Crippen molar-refractivity contribution in [2.75, 3.05) is 0 Å². The van der Waals surface area contributed by atoms with Gasteiger partial charge in [-0.05, 0) is 35.9 Å². The summed E-state index contributed by atoms with van der Waals surface area (Å²) in [6.45, 7) is -1.98. The molecule has 0 spiro atoms. The minimum absolute atomic E-state index is 0.0706. The van der Waals surface area contributed by atoms with Crippen molar-refractivity contribution < 1.29 is 36.2 Å². The van der Waals surface area contributed by atoms with Crippen molar-refractivity contribution in [3.8, 4) is 17.5 Å². The molecule has 7 nitrogen and oxygen atoms in total. The van der Waals surface area contributed by atoms with Crippen LogP contribution in [0.1, 0.15) is 23.5 Å². The molecule has 2 atom stereocenters. The van der Waals surface area contributed by atoms with E-state index in [1.807, 2.05) is 0 Å². The Morgan fingerprint density at radius 1 is 1.11 bits per heavy atom. The van der Waals surface area contributed by atoms with Crippen LogP contribution in [0, 0.1) is 11.3 Å². The van der Waals surface area contributed by atoms with E-state index in [2.05, 4.69) is 5.10 Å². The second-order valence-corrected chi connectivity index (χ2v) is 8.42. The van der Waals surface area contributed by atoms with E-state index >= 15 is 0 Å². The molecule has 0 aliphatic carbocycles. The summed E-state index contributed by atoms with van der Waals surface area (Å²) in [6.07, 6.45) is -13.2. The van der Waals surface area contributed by atoms with Crippen LogP contribution in [-0.2, 0) is 24.1 Å². The number of halogens is 7. The van der Waals surface area contributed by atoms with Gasteiger partial charge in [0.2, 0.25) is 0 Å². The molecule has 0 unspecified atom stereocenters. The van der Waals surface area contributed by atoms with E-state index in [9.17, 15) is 46.3 Å². The number of aliphatic hydroxyl groups is 1. The Hall–Kier alpha value is -3.63. The number of nitrogens with zero attached hydrogens (tertiary/aromatic N) is 4. The molecule has 0 saturated heterocycles. The SMILES string of the molecule is N#C[C@H](CC(=O)Cn1nc(-c2ccc(Cl)cc2)n(C[C@H](O)C(F)(F)F)c1=O)c1cccc(C(F)(F)F)c1. The van der Waals surface area contributed by atoms with Gasteiger partial charge in [-0.2, -0.15) is 31.6 Å². The Kier molecular flexibility index (Phi) is 8.14. The highest BCUT2D eigenvalue weighted by Gasteiger charge is 2.39. The predicted octanol–water partition coefficient (Wildman–Crippen LogP) is 4.57. The maximum absolute atomic E-state index is 13.0. The number of benzene rings is 2. The van der Waals surface area contributed by atoms with E-state index in [4.69, 9.17) is 11.6 Å². The van der Waals surface area contributed by atoms with Crippen LogP contribution in [0.15, 0.2) is 53.3 Å². The number of rotatable bonds is 8. The molecule has 0 aliphatic rings. The lowest BCUT2D eigenvalue weighted by atomic mass is 9.93. The minimum Gasteiger partial charge on any atom is -0.382 e. The van der Waals surface area contributed by atoms with Gasteiger partial charge in [-0.1, -0.05) is 29.8 Å². The molecule has 0 aliphatic heterocycles. The maximum Gasteiger partial charge on any atom is 0.416 e. The van der Waals surface area contributed by atoms with Crippen molar-refractivity contribution in [1.82, 2.24) is 14.3 Å². The second kappa shape index (κ2) is 10.8. The van der Waals surface area contributed by atoms with Crippen LogP contribution in [0.3, 0.4) is 0 Å². The smallest absolute Gasteiger partial charge is 0.382 e. The molecule has 0 amide bonds. The zero-order valence-corrected chi connectivity index (χ0v) is 19.3. The lowest BCUT2D eigenvalue weighted by Crippen LogP contribution is -2.37. The van der Waals surface area contributed by atoms with Gasteiger partial charge >= 0.3 is 18.0 Å². The fourth-order valence-corrected chi connectivity index (χ4v) is 3.55. The van der Waals surface area contributed by atoms with Gasteiger partial charge in [0.15, 0.2) is 17.7 Å². The average molecular weight is 547 g/mol. The molecule has 2 aromatic carbocycles. The van der Waals surface area contributed by atoms with Gasteiger partial charge in [-0.15, -0.1) is 5.10 Å². The van der Waals surface area contributed by atoms with Crippen LogP contribution >= 0.6 is 11.6 Å². The Balaban J connectivity index is 1.90. The summed E-state index contributed by atoms with van der Waals surface area (Å²) in [5.41, 5.74) is -2.06. The Bertz CT molecular complexity index is 1370. The molecule has 0 radical (unpaired) electrons. The van der Waals surface area contributed by atoms with Gasteiger partial charge in [0, 0.05) is 17.0 Å². The van der Waals surface area contributed by atoms with E-state index in [1.165, 1.54) is 30.3 Å². The first-order chi connectivity index (χ1) is 17.2. The molecule has 14 heteroatoms. The fraction of sp³-hybridized carbons (Fsp3) is 0.304. The number of carbonyl (C=O) groups excluding carboxylic acids is 1. The summed E-state index contributed by atoms with van der Waals surface area (Å²) in [4.78, 5) is 25.5. The highest BCUT2D eigenvalue weighted by molar-refractivity contribution is 6.30. The molecule has 1 aromatic heterocycles. The minimum atomic E-state index is -5.04. The van der Waals surface area contributed by atoms with Crippen LogP contribution in [-0.4, -0.2) is 37.5 Å². The number of hydrogen-bond donors (Lipinski definition) is 1. The third-order valence-corrected chi connectivity index (χ3v) is 5.54. The standard InChI is InChI=1S/C23H17ClF6N4O3/c24-17-6-4-13(5-7-17)20-32-34(21(37)33(20)12-19(36)23(28,29)30)11-18(35)9-15(10-31)14-2-1-3-16(8-14)22(25,26)27/h1-8,15,19,36H,9,11-12H2/t15-,19-/m0/s1. The molecule has 3 rings (SSSR count). The zero-order chi connectivity index (χ0) is 27.5. The van der Waals surface area contributed by atoms with Crippen LogP contribution in [0.25, 0.3) is 11.4 Å².